The van der Waals surface area contributed by atoms with Gasteiger partial charge in [0.1, 0.15) is 23.4 Å². The van der Waals surface area contributed by atoms with Crippen molar-refractivity contribution in [2.45, 2.75) is 37.3 Å². The van der Waals surface area contributed by atoms with Crippen LogP contribution in [0.2, 0.25) is 5.02 Å². The second-order valence-corrected chi connectivity index (χ2v) is 11.2. The average Bonchev–Trinajstić information content (AvgIpc) is 3.06. The van der Waals surface area contributed by atoms with Crippen molar-refractivity contribution >= 4 is 22.4 Å². The highest BCUT2D eigenvalue weighted by atomic mass is 35.5. The fraction of sp³-hybridized carbons (Fsp3) is 0.371. The van der Waals surface area contributed by atoms with Crippen LogP contribution in [0.25, 0.3) is 10.8 Å². The number of rotatable bonds is 15. The van der Waals surface area contributed by atoms with E-state index in [0.29, 0.717) is 50.1 Å². The summed E-state index contributed by atoms with van der Waals surface area (Å²) < 4.78 is 30.0. The maximum Gasteiger partial charge on any atom is 0.137 e. The molecule has 1 aliphatic rings. The van der Waals surface area contributed by atoms with E-state index in [2.05, 4.69) is 17.4 Å². The molecular formula is C35H40ClNO7. The van der Waals surface area contributed by atoms with E-state index in [-0.39, 0.29) is 31.3 Å². The van der Waals surface area contributed by atoms with Crippen LogP contribution in [0.3, 0.4) is 0 Å². The first kappa shape index (κ1) is 32.0. The van der Waals surface area contributed by atoms with Crippen LogP contribution in [0.5, 0.6) is 17.2 Å². The van der Waals surface area contributed by atoms with Crippen LogP contribution in [0, 0.1) is 0 Å². The summed E-state index contributed by atoms with van der Waals surface area (Å²) in [5, 5.41) is 25.4. The molecule has 1 saturated heterocycles. The van der Waals surface area contributed by atoms with E-state index >= 15 is 0 Å². The average molecular weight is 622 g/mol. The lowest BCUT2D eigenvalue weighted by atomic mass is 9.85. The van der Waals surface area contributed by atoms with Gasteiger partial charge in [-0.3, -0.25) is 0 Å². The van der Waals surface area contributed by atoms with Crippen molar-refractivity contribution in [3.05, 3.63) is 101 Å². The van der Waals surface area contributed by atoms with Crippen molar-refractivity contribution in [3.8, 4) is 17.2 Å². The van der Waals surface area contributed by atoms with E-state index in [4.69, 9.17) is 35.3 Å². The van der Waals surface area contributed by atoms with Crippen LogP contribution in [0.15, 0.2) is 84.9 Å². The van der Waals surface area contributed by atoms with Gasteiger partial charge in [-0.1, -0.05) is 60.1 Å². The molecule has 8 nitrogen and oxygen atoms in total. The summed E-state index contributed by atoms with van der Waals surface area (Å²) in [5.74, 6) is 2.13. The third-order valence-corrected chi connectivity index (χ3v) is 8.00. The number of aliphatic hydroxyl groups excluding tert-OH is 2. The lowest BCUT2D eigenvalue weighted by Gasteiger charge is -2.39. The highest BCUT2D eigenvalue weighted by Crippen LogP contribution is 2.33. The van der Waals surface area contributed by atoms with Gasteiger partial charge in [0.2, 0.25) is 0 Å². The Labute approximate surface area is 263 Å². The number of methoxy groups -OCH3 is 1. The van der Waals surface area contributed by atoms with Crippen LogP contribution in [-0.2, 0) is 16.1 Å². The lowest BCUT2D eigenvalue weighted by molar-refractivity contribution is -0.0833. The molecule has 1 heterocycles. The van der Waals surface area contributed by atoms with E-state index in [9.17, 15) is 10.2 Å². The zero-order chi connectivity index (χ0) is 30.7. The molecule has 44 heavy (non-hydrogen) atoms. The Bertz CT molecular complexity index is 1470. The van der Waals surface area contributed by atoms with E-state index < -0.39 is 6.10 Å². The second-order valence-electron chi connectivity index (χ2n) is 10.8. The van der Waals surface area contributed by atoms with Gasteiger partial charge in [0.15, 0.2) is 0 Å². The third kappa shape index (κ3) is 8.41. The molecule has 4 aromatic carbocycles. The highest BCUT2D eigenvalue weighted by Gasteiger charge is 2.36. The van der Waals surface area contributed by atoms with Gasteiger partial charge in [-0.05, 0) is 52.9 Å². The normalized spacial score (nSPS) is 19.0. The Balaban J connectivity index is 1.24. The van der Waals surface area contributed by atoms with Crippen molar-refractivity contribution in [1.82, 2.24) is 5.32 Å². The minimum absolute atomic E-state index is 0.0331. The number of fused-ring (bicyclic) bond motifs is 1. The van der Waals surface area contributed by atoms with Crippen molar-refractivity contribution in [3.63, 3.8) is 0 Å². The molecule has 4 atom stereocenters. The van der Waals surface area contributed by atoms with Gasteiger partial charge in [0.05, 0.1) is 57.4 Å². The van der Waals surface area contributed by atoms with Crippen molar-refractivity contribution < 1.29 is 33.9 Å². The molecule has 0 saturated carbocycles. The van der Waals surface area contributed by atoms with Crippen LogP contribution in [0.4, 0.5) is 0 Å². The van der Waals surface area contributed by atoms with Gasteiger partial charge < -0.3 is 39.2 Å². The molecule has 4 aromatic rings. The lowest BCUT2D eigenvalue weighted by Crippen LogP contribution is -2.51. The Hall–Kier alpha value is -3.37. The summed E-state index contributed by atoms with van der Waals surface area (Å²) in [7, 11) is 1.68. The Morgan fingerprint density at radius 2 is 1.59 bits per heavy atom. The smallest absolute Gasteiger partial charge is 0.137 e. The SMILES string of the molecule is COc1cc(CO[C@H]2CNC[C@H](OC[C@H](O)CO)[C@@H]2c2ccc(OCCCOc3ccccc3Cl)cc2)cc2ccccc12. The van der Waals surface area contributed by atoms with Crippen molar-refractivity contribution in [1.29, 1.82) is 0 Å². The van der Waals surface area contributed by atoms with Gasteiger partial charge in [0, 0.05) is 30.8 Å². The number of benzene rings is 4. The molecular weight excluding hydrogens is 582 g/mol. The highest BCUT2D eigenvalue weighted by molar-refractivity contribution is 6.32. The van der Waals surface area contributed by atoms with Crippen molar-refractivity contribution in [2.24, 2.45) is 0 Å². The quantitative estimate of drug-likeness (QED) is 0.153. The number of para-hydroxylation sites is 1. The fourth-order valence-corrected chi connectivity index (χ4v) is 5.66. The molecule has 234 valence electrons. The maximum atomic E-state index is 9.96. The van der Waals surface area contributed by atoms with Gasteiger partial charge in [0.25, 0.3) is 0 Å². The molecule has 3 N–H and O–H groups in total. The number of hydrogen-bond acceptors (Lipinski definition) is 8. The summed E-state index contributed by atoms with van der Waals surface area (Å²) in [6, 6.07) is 27.7. The maximum absolute atomic E-state index is 9.96. The number of halogens is 1. The van der Waals surface area contributed by atoms with E-state index in [1.54, 1.807) is 13.2 Å². The van der Waals surface area contributed by atoms with Crippen LogP contribution >= 0.6 is 11.6 Å². The molecule has 9 heteroatoms. The van der Waals surface area contributed by atoms with Crippen LogP contribution < -0.4 is 19.5 Å². The van der Waals surface area contributed by atoms with E-state index in [1.165, 1.54) is 0 Å². The molecule has 1 fully saturated rings. The Morgan fingerprint density at radius 3 is 2.36 bits per heavy atom. The van der Waals surface area contributed by atoms with Crippen LogP contribution in [0.1, 0.15) is 23.5 Å². The molecule has 0 spiro atoms. The minimum Gasteiger partial charge on any atom is -0.496 e. The van der Waals surface area contributed by atoms with Gasteiger partial charge in [-0.25, -0.2) is 0 Å². The predicted octanol–water partition coefficient (Wildman–Crippen LogP) is 5.36. The number of hydrogen-bond donors (Lipinski definition) is 3. The monoisotopic (exact) mass is 621 g/mol. The number of aliphatic hydroxyl groups is 2. The van der Waals surface area contributed by atoms with Gasteiger partial charge in [-0.15, -0.1) is 0 Å². The molecule has 0 aromatic heterocycles. The zero-order valence-electron chi connectivity index (χ0n) is 24.9. The Kier molecular flexibility index (Phi) is 11.7. The molecule has 0 bridgehead atoms. The van der Waals surface area contributed by atoms with Gasteiger partial charge >= 0.3 is 0 Å². The largest absolute Gasteiger partial charge is 0.496 e. The molecule has 0 amide bonds. The molecule has 0 radical (unpaired) electrons. The zero-order valence-corrected chi connectivity index (χ0v) is 25.6. The molecule has 5 rings (SSSR count). The summed E-state index contributed by atoms with van der Waals surface area (Å²) in [6.45, 7) is 2.31. The summed E-state index contributed by atoms with van der Waals surface area (Å²) >= 11 is 6.15. The molecule has 0 aliphatic carbocycles. The number of nitrogens with one attached hydrogen (secondary N) is 1. The summed E-state index contributed by atoms with van der Waals surface area (Å²) in [5.41, 5.74) is 2.06. The predicted molar refractivity (Wildman–Crippen MR) is 171 cm³/mol. The Morgan fingerprint density at radius 1 is 0.864 bits per heavy atom. The minimum atomic E-state index is -0.945. The first-order chi connectivity index (χ1) is 21.6. The summed E-state index contributed by atoms with van der Waals surface area (Å²) in [4.78, 5) is 0. The standard InChI is InChI=1S/C35H40ClNO7/c1-40-32-18-24(17-26-7-2-3-8-29(26)32)22-43-33-19-37-20-34(44-23-27(39)21-38)35(33)25-11-13-28(14-12-25)41-15-6-16-42-31-10-5-4-9-30(31)36/h2-5,7-14,17-18,27,33-35,37-39H,6,15-16,19-23H2,1H3/t27-,33+,34+,35-/m1/s1. The molecule has 0 unspecified atom stereocenters. The van der Waals surface area contributed by atoms with Crippen LogP contribution in [-0.4, -0.2) is 75.2 Å². The summed E-state index contributed by atoms with van der Waals surface area (Å²) in [6.07, 6.45) is -0.708. The third-order valence-electron chi connectivity index (χ3n) is 7.69. The fourth-order valence-electron chi connectivity index (χ4n) is 5.47. The first-order valence-corrected chi connectivity index (χ1v) is 15.3. The van der Waals surface area contributed by atoms with Crippen molar-refractivity contribution in [2.75, 3.05) is 46.6 Å². The number of piperidine rings is 1. The van der Waals surface area contributed by atoms with Gasteiger partial charge in [-0.2, -0.15) is 0 Å². The number of ether oxygens (including phenoxy) is 5. The molecule has 1 aliphatic heterocycles. The topological polar surface area (TPSA) is 98.6 Å². The second kappa shape index (κ2) is 16.1. The van der Waals surface area contributed by atoms with E-state index in [0.717, 1.165) is 33.4 Å². The first-order valence-electron chi connectivity index (χ1n) is 14.9. The van der Waals surface area contributed by atoms with E-state index in [1.807, 2.05) is 66.7 Å².